The summed E-state index contributed by atoms with van der Waals surface area (Å²) in [5, 5.41) is 7.32. The lowest BCUT2D eigenvalue weighted by Gasteiger charge is -2.33. The molecule has 0 saturated heterocycles. The minimum absolute atomic E-state index is 0.114. The van der Waals surface area contributed by atoms with Gasteiger partial charge in [0.05, 0.1) is 5.41 Å². The van der Waals surface area contributed by atoms with Crippen LogP contribution in [0.1, 0.15) is 73.1 Å². The lowest BCUT2D eigenvalue weighted by Crippen LogP contribution is -2.46. The molecule has 0 bridgehead atoms. The van der Waals surface area contributed by atoms with Crippen LogP contribution in [0.2, 0.25) is 0 Å². The Hall–Kier alpha value is -0.610. The van der Waals surface area contributed by atoms with Crippen LogP contribution in [-0.2, 0) is 9.53 Å². The third-order valence-corrected chi connectivity index (χ3v) is 4.56. The maximum atomic E-state index is 12.3. The van der Waals surface area contributed by atoms with Gasteiger partial charge in [-0.3, -0.25) is 4.79 Å². The van der Waals surface area contributed by atoms with Gasteiger partial charge in [-0.05, 0) is 73.1 Å². The van der Waals surface area contributed by atoms with Crippen molar-refractivity contribution >= 4 is 5.97 Å². The Bertz CT molecular complexity index is 375. The number of esters is 1. The van der Waals surface area contributed by atoms with E-state index in [1.54, 1.807) is 0 Å². The SMILES string of the molecule is CC(C)(C)OC(=O)C(C)(C)CNC1CCC(NC2CC2)CC1. The van der Waals surface area contributed by atoms with Crippen molar-refractivity contribution in [1.29, 1.82) is 0 Å². The maximum absolute atomic E-state index is 12.3. The fraction of sp³-hybridized carbons (Fsp3) is 0.944. The summed E-state index contributed by atoms with van der Waals surface area (Å²) in [6.07, 6.45) is 7.64. The number of ether oxygens (including phenoxy) is 1. The molecule has 2 fully saturated rings. The van der Waals surface area contributed by atoms with Crippen molar-refractivity contribution in [2.45, 2.75) is 96.9 Å². The first-order valence-electron chi connectivity index (χ1n) is 8.88. The Morgan fingerprint density at radius 1 is 0.909 bits per heavy atom. The van der Waals surface area contributed by atoms with Gasteiger partial charge in [0.1, 0.15) is 5.60 Å². The van der Waals surface area contributed by atoms with Crippen LogP contribution in [0.5, 0.6) is 0 Å². The summed E-state index contributed by atoms with van der Waals surface area (Å²) in [6, 6.07) is 2.06. The summed E-state index contributed by atoms with van der Waals surface area (Å²) < 4.78 is 5.52. The smallest absolute Gasteiger partial charge is 0.313 e. The highest BCUT2D eigenvalue weighted by Gasteiger charge is 2.34. The van der Waals surface area contributed by atoms with Crippen molar-refractivity contribution in [1.82, 2.24) is 10.6 Å². The van der Waals surface area contributed by atoms with Gasteiger partial charge >= 0.3 is 5.97 Å². The van der Waals surface area contributed by atoms with Gasteiger partial charge in [-0.25, -0.2) is 0 Å². The third kappa shape index (κ3) is 5.88. The van der Waals surface area contributed by atoms with Crippen molar-refractivity contribution < 1.29 is 9.53 Å². The average molecular weight is 310 g/mol. The van der Waals surface area contributed by atoms with Crippen molar-refractivity contribution in [2.75, 3.05) is 6.54 Å². The molecule has 4 nitrogen and oxygen atoms in total. The van der Waals surface area contributed by atoms with Crippen LogP contribution < -0.4 is 10.6 Å². The van der Waals surface area contributed by atoms with Crippen molar-refractivity contribution in [2.24, 2.45) is 5.41 Å². The van der Waals surface area contributed by atoms with Gasteiger partial charge in [-0.1, -0.05) is 0 Å². The molecule has 128 valence electrons. The van der Waals surface area contributed by atoms with Gasteiger partial charge in [0.25, 0.3) is 0 Å². The van der Waals surface area contributed by atoms with E-state index in [4.69, 9.17) is 4.74 Å². The molecule has 0 heterocycles. The summed E-state index contributed by atoms with van der Waals surface area (Å²) in [6.45, 7) is 10.4. The van der Waals surface area contributed by atoms with Crippen molar-refractivity contribution in [3.8, 4) is 0 Å². The molecular formula is C18H34N2O2. The molecule has 0 amide bonds. The first-order valence-corrected chi connectivity index (χ1v) is 8.88. The Balaban J connectivity index is 1.69. The first kappa shape index (κ1) is 17.7. The second kappa shape index (κ2) is 6.88. The van der Waals surface area contributed by atoms with E-state index in [0.29, 0.717) is 18.6 Å². The van der Waals surface area contributed by atoms with E-state index >= 15 is 0 Å². The standard InChI is InChI=1S/C18H34N2O2/c1-17(2,3)22-16(21)18(4,5)12-19-13-6-8-14(9-7-13)20-15-10-11-15/h13-15,19-20H,6-12H2,1-5H3. The van der Waals surface area contributed by atoms with E-state index in [2.05, 4.69) is 10.6 Å². The van der Waals surface area contributed by atoms with Gasteiger partial charge in [0.2, 0.25) is 0 Å². The Labute approximate surface area is 135 Å². The molecule has 0 aliphatic heterocycles. The molecule has 0 radical (unpaired) electrons. The van der Waals surface area contributed by atoms with E-state index in [9.17, 15) is 4.79 Å². The number of rotatable bonds is 6. The second-order valence-electron chi connectivity index (χ2n) is 8.76. The number of nitrogens with one attached hydrogen (secondary N) is 2. The zero-order chi connectivity index (χ0) is 16.4. The summed E-state index contributed by atoms with van der Waals surface area (Å²) in [7, 11) is 0. The predicted octanol–water partition coefficient (Wildman–Crippen LogP) is 3.01. The van der Waals surface area contributed by atoms with E-state index in [1.807, 2.05) is 34.6 Å². The molecule has 0 atom stereocenters. The minimum Gasteiger partial charge on any atom is -0.460 e. The summed E-state index contributed by atoms with van der Waals surface area (Å²) in [4.78, 5) is 12.3. The number of carbonyl (C=O) groups excluding carboxylic acids is 1. The van der Waals surface area contributed by atoms with Gasteiger partial charge in [0, 0.05) is 24.7 Å². The van der Waals surface area contributed by atoms with Crippen LogP contribution in [0.3, 0.4) is 0 Å². The Morgan fingerprint density at radius 2 is 1.36 bits per heavy atom. The zero-order valence-electron chi connectivity index (χ0n) is 15.0. The topological polar surface area (TPSA) is 50.4 Å². The lowest BCUT2D eigenvalue weighted by atomic mass is 9.88. The largest absolute Gasteiger partial charge is 0.460 e. The highest BCUT2D eigenvalue weighted by atomic mass is 16.6. The molecule has 4 heteroatoms. The minimum atomic E-state index is -0.476. The van der Waals surface area contributed by atoms with Crippen molar-refractivity contribution in [3.05, 3.63) is 0 Å². The summed E-state index contributed by atoms with van der Waals surface area (Å²) >= 11 is 0. The number of hydrogen-bond acceptors (Lipinski definition) is 4. The Kier molecular flexibility index (Phi) is 5.54. The van der Waals surface area contributed by atoms with Crippen LogP contribution in [0.25, 0.3) is 0 Å². The van der Waals surface area contributed by atoms with E-state index < -0.39 is 11.0 Å². The molecule has 2 rings (SSSR count). The maximum Gasteiger partial charge on any atom is 0.313 e. The van der Waals surface area contributed by atoms with Crippen LogP contribution in [0.15, 0.2) is 0 Å². The molecule has 2 aliphatic carbocycles. The first-order chi connectivity index (χ1) is 10.2. The van der Waals surface area contributed by atoms with Crippen LogP contribution >= 0.6 is 0 Å². The molecule has 0 aromatic rings. The highest BCUT2D eigenvalue weighted by molar-refractivity contribution is 5.76. The molecule has 22 heavy (non-hydrogen) atoms. The van der Waals surface area contributed by atoms with E-state index in [-0.39, 0.29) is 5.97 Å². The highest BCUT2D eigenvalue weighted by Crippen LogP contribution is 2.26. The average Bonchev–Trinajstić information content (AvgIpc) is 3.20. The van der Waals surface area contributed by atoms with Crippen LogP contribution in [0, 0.1) is 5.41 Å². The molecule has 0 unspecified atom stereocenters. The molecule has 2 saturated carbocycles. The fourth-order valence-corrected chi connectivity index (χ4v) is 2.94. The van der Waals surface area contributed by atoms with Crippen LogP contribution in [-0.4, -0.2) is 36.2 Å². The molecule has 0 aromatic carbocycles. The predicted molar refractivity (Wildman–Crippen MR) is 89.8 cm³/mol. The normalized spacial score (nSPS) is 26.8. The Morgan fingerprint density at radius 3 is 1.82 bits per heavy atom. The zero-order valence-corrected chi connectivity index (χ0v) is 15.0. The summed E-state index contributed by atoms with van der Waals surface area (Å²) in [5.41, 5.74) is -0.892. The number of hydrogen-bond donors (Lipinski definition) is 2. The molecule has 2 N–H and O–H groups in total. The summed E-state index contributed by atoms with van der Waals surface area (Å²) in [5.74, 6) is -0.114. The van der Waals surface area contributed by atoms with Gasteiger partial charge in [-0.2, -0.15) is 0 Å². The van der Waals surface area contributed by atoms with Gasteiger partial charge in [-0.15, -0.1) is 0 Å². The third-order valence-electron chi connectivity index (χ3n) is 4.56. The molecule has 0 aromatic heterocycles. The van der Waals surface area contributed by atoms with Crippen molar-refractivity contribution in [3.63, 3.8) is 0 Å². The second-order valence-corrected chi connectivity index (χ2v) is 8.76. The fourth-order valence-electron chi connectivity index (χ4n) is 2.94. The quantitative estimate of drug-likeness (QED) is 0.741. The van der Waals surface area contributed by atoms with Crippen LogP contribution in [0.4, 0.5) is 0 Å². The van der Waals surface area contributed by atoms with Gasteiger partial charge in [0.15, 0.2) is 0 Å². The van der Waals surface area contributed by atoms with Gasteiger partial charge < -0.3 is 15.4 Å². The van der Waals surface area contributed by atoms with E-state index in [0.717, 1.165) is 6.04 Å². The lowest BCUT2D eigenvalue weighted by molar-refractivity contribution is -0.165. The molecular weight excluding hydrogens is 276 g/mol. The molecule has 2 aliphatic rings. The monoisotopic (exact) mass is 310 g/mol. The van der Waals surface area contributed by atoms with E-state index in [1.165, 1.54) is 38.5 Å². The number of carbonyl (C=O) groups is 1. The molecule has 0 spiro atoms.